The highest BCUT2D eigenvalue weighted by Gasteiger charge is 2.20. The second-order valence-corrected chi connectivity index (χ2v) is 5.26. The first kappa shape index (κ1) is 14.8. The quantitative estimate of drug-likeness (QED) is 0.848. The number of amides is 2. The molecule has 108 valence electrons. The third kappa shape index (κ3) is 3.48. The number of benzene rings is 1. The molecule has 21 heavy (non-hydrogen) atoms. The number of para-hydroxylation sites is 1. The van der Waals surface area contributed by atoms with Gasteiger partial charge < -0.3 is 5.32 Å². The molecule has 0 fully saturated rings. The van der Waals surface area contributed by atoms with Gasteiger partial charge >= 0.3 is 11.0 Å². The van der Waals surface area contributed by atoms with Gasteiger partial charge in [0.2, 0.25) is 10.9 Å². The number of aryl methyl sites for hydroxylation is 1. The summed E-state index contributed by atoms with van der Waals surface area (Å²) in [5.41, 5.74) is 1.33. The van der Waals surface area contributed by atoms with Crippen LogP contribution in [0.5, 0.6) is 0 Å². The van der Waals surface area contributed by atoms with E-state index < -0.39 is 5.91 Å². The first-order valence-electron chi connectivity index (χ1n) is 6.05. The molecule has 8 heteroatoms. The van der Waals surface area contributed by atoms with E-state index >= 15 is 0 Å². The number of carbonyl (C=O) groups excluding carboxylic acids is 2. The van der Waals surface area contributed by atoms with Gasteiger partial charge in [-0.1, -0.05) is 12.1 Å². The zero-order chi connectivity index (χ0) is 15.4. The van der Waals surface area contributed by atoms with E-state index in [1.807, 2.05) is 0 Å². The molecule has 3 N–H and O–H groups in total. The topological polar surface area (TPSA) is 102 Å². The molecule has 0 aliphatic rings. The van der Waals surface area contributed by atoms with Crippen molar-refractivity contribution in [1.82, 2.24) is 0 Å². The lowest BCUT2D eigenvalue weighted by Gasteiger charge is -2.06. The predicted molar refractivity (Wildman–Crippen MR) is 79.8 cm³/mol. The highest BCUT2D eigenvalue weighted by atomic mass is 32.1. The van der Waals surface area contributed by atoms with Crippen LogP contribution in [0.4, 0.5) is 15.8 Å². The molecule has 7 nitrogen and oxygen atoms in total. The molecule has 0 radical (unpaired) electrons. The number of nitrogens with one attached hydrogen (secondary N) is 3. The fourth-order valence-electron chi connectivity index (χ4n) is 1.72. The number of hydrogen-bond donors (Lipinski definition) is 2. The maximum Gasteiger partial charge on any atom is 0.341 e. The van der Waals surface area contributed by atoms with Gasteiger partial charge in [-0.15, -0.1) is 4.91 Å². The smallest absolute Gasteiger partial charge is 0.326 e. The van der Waals surface area contributed by atoms with Gasteiger partial charge in [-0.05, 0) is 28.6 Å². The van der Waals surface area contributed by atoms with Gasteiger partial charge in [0.15, 0.2) is 0 Å². The van der Waals surface area contributed by atoms with Crippen molar-refractivity contribution >= 4 is 39.0 Å². The molecule has 0 bridgehead atoms. The molecular formula is C13H13N4O3S+. The monoisotopic (exact) mass is 305 g/mol. The first-order chi connectivity index (χ1) is 10.0. The summed E-state index contributed by atoms with van der Waals surface area (Å²) >= 11 is 1.05. The Morgan fingerprint density at radius 1 is 1.24 bits per heavy atom. The Kier molecular flexibility index (Phi) is 4.39. The zero-order valence-electron chi connectivity index (χ0n) is 11.4. The minimum absolute atomic E-state index is 0.263. The second-order valence-electron chi connectivity index (χ2n) is 4.26. The SMILES string of the molecule is CC(=O)Nc1ccccc1C(=O)Nc1[nH+]c(C)c(N=O)s1. The number of carbonyl (C=O) groups is 2. The lowest BCUT2D eigenvalue weighted by molar-refractivity contribution is -0.363. The van der Waals surface area contributed by atoms with Crippen LogP contribution in [-0.4, -0.2) is 11.8 Å². The van der Waals surface area contributed by atoms with Gasteiger partial charge in [-0.3, -0.25) is 4.79 Å². The van der Waals surface area contributed by atoms with Crippen molar-refractivity contribution in [1.29, 1.82) is 0 Å². The summed E-state index contributed by atoms with van der Waals surface area (Å²) in [5.74, 6) is -0.657. The Hall–Kier alpha value is -2.61. The Labute approximate surface area is 124 Å². The van der Waals surface area contributed by atoms with Gasteiger partial charge in [0.25, 0.3) is 0 Å². The summed E-state index contributed by atoms with van der Waals surface area (Å²) in [4.78, 5) is 36.8. The van der Waals surface area contributed by atoms with E-state index in [2.05, 4.69) is 20.8 Å². The molecule has 0 atom stereocenters. The van der Waals surface area contributed by atoms with Crippen LogP contribution in [0, 0.1) is 11.8 Å². The van der Waals surface area contributed by atoms with Crippen molar-refractivity contribution in [3.63, 3.8) is 0 Å². The summed E-state index contributed by atoms with van der Waals surface area (Å²) in [5, 5.41) is 8.78. The molecule has 0 unspecified atom stereocenters. The fraction of sp³-hybridized carbons (Fsp3) is 0.154. The zero-order valence-corrected chi connectivity index (χ0v) is 12.2. The molecule has 0 saturated carbocycles. The number of nitroso groups, excluding NO2 is 1. The molecule has 2 rings (SSSR count). The highest BCUT2D eigenvalue weighted by molar-refractivity contribution is 7.19. The average Bonchev–Trinajstić information content (AvgIpc) is 2.78. The van der Waals surface area contributed by atoms with E-state index in [1.54, 1.807) is 31.2 Å². The summed E-state index contributed by atoms with van der Waals surface area (Å²) in [6, 6.07) is 6.65. The third-order valence-electron chi connectivity index (χ3n) is 2.61. The number of H-pyrrole nitrogens is 1. The Bertz CT molecular complexity index is 711. The largest absolute Gasteiger partial charge is 0.341 e. The van der Waals surface area contributed by atoms with Crippen LogP contribution in [0.2, 0.25) is 0 Å². The van der Waals surface area contributed by atoms with Crippen molar-refractivity contribution in [2.24, 2.45) is 5.18 Å². The van der Waals surface area contributed by atoms with Crippen LogP contribution in [0.3, 0.4) is 0 Å². The predicted octanol–water partition coefficient (Wildman–Crippen LogP) is 2.48. The standard InChI is InChI=1S/C13H12N4O3S/c1-7-12(17-20)21-13(14-7)16-11(19)9-5-3-4-6-10(9)15-8(2)18/h3-6H,1-2H3,(H,15,18)(H,14,16,19)/p+1. The molecule has 1 aromatic heterocycles. The molecule has 2 amide bonds. The minimum atomic E-state index is -0.394. The van der Waals surface area contributed by atoms with Crippen LogP contribution in [0.25, 0.3) is 0 Å². The van der Waals surface area contributed by atoms with E-state index in [0.29, 0.717) is 22.1 Å². The number of nitrogens with zero attached hydrogens (tertiary/aromatic N) is 1. The summed E-state index contributed by atoms with van der Waals surface area (Å²) in [7, 11) is 0. The van der Waals surface area contributed by atoms with Crippen LogP contribution in [0.1, 0.15) is 23.0 Å². The summed E-state index contributed by atoms with van der Waals surface area (Å²) < 4.78 is 0. The van der Waals surface area contributed by atoms with Gasteiger partial charge in [0.1, 0.15) is 5.69 Å². The molecule has 0 aliphatic heterocycles. The molecule has 0 aliphatic carbocycles. The third-order valence-corrected chi connectivity index (χ3v) is 3.60. The van der Waals surface area contributed by atoms with Crippen molar-refractivity contribution in [2.45, 2.75) is 13.8 Å². The van der Waals surface area contributed by atoms with Gasteiger partial charge in [-0.2, -0.15) is 5.32 Å². The highest BCUT2D eigenvalue weighted by Crippen LogP contribution is 2.27. The molecule has 0 saturated heterocycles. The number of aromatic amines is 1. The maximum atomic E-state index is 12.2. The molecule has 2 aromatic rings. The van der Waals surface area contributed by atoms with Crippen molar-refractivity contribution in [3.05, 3.63) is 40.4 Å². The minimum Gasteiger partial charge on any atom is -0.326 e. The summed E-state index contributed by atoms with van der Waals surface area (Å²) in [6.07, 6.45) is 0. The first-order valence-corrected chi connectivity index (χ1v) is 6.87. The molecule has 0 spiro atoms. The van der Waals surface area contributed by atoms with Crippen LogP contribution in [0.15, 0.2) is 29.4 Å². The second kappa shape index (κ2) is 6.23. The van der Waals surface area contributed by atoms with Crippen LogP contribution >= 0.6 is 11.3 Å². The number of anilines is 2. The van der Waals surface area contributed by atoms with Gasteiger partial charge in [0, 0.05) is 13.8 Å². The van der Waals surface area contributed by atoms with E-state index in [1.165, 1.54) is 6.92 Å². The van der Waals surface area contributed by atoms with E-state index in [9.17, 15) is 14.5 Å². The van der Waals surface area contributed by atoms with Crippen molar-refractivity contribution in [3.8, 4) is 0 Å². The lowest BCUT2D eigenvalue weighted by atomic mass is 10.1. The number of hydrogen-bond acceptors (Lipinski definition) is 5. The molecular weight excluding hydrogens is 292 g/mol. The maximum absolute atomic E-state index is 12.2. The van der Waals surface area contributed by atoms with Crippen molar-refractivity contribution in [2.75, 3.05) is 10.6 Å². The molecule has 1 heterocycles. The van der Waals surface area contributed by atoms with Crippen LogP contribution < -0.4 is 15.6 Å². The Morgan fingerprint density at radius 2 is 1.95 bits per heavy atom. The van der Waals surface area contributed by atoms with E-state index in [0.717, 1.165) is 11.3 Å². The summed E-state index contributed by atoms with van der Waals surface area (Å²) in [6.45, 7) is 3.06. The Morgan fingerprint density at radius 3 is 2.57 bits per heavy atom. The van der Waals surface area contributed by atoms with Crippen molar-refractivity contribution < 1.29 is 14.6 Å². The van der Waals surface area contributed by atoms with Crippen LogP contribution in [-0.2, 0) is 4.79 Å². The van der Waals surface area contributed by atoms with E-state index in [-0.39, 0.29) is 10.9 Å². The van der Waals surface area contributed by atoms with E-state index in [4.69, 9.17) is 0 Å². The fourth-order valence-corrected chi connectivity index (χ4v) is 2.50. The molecule has 1 aromatic carbocycles. The average molecular weight is 305 g/mol. The number of thiazole rings is 1. The van der Waals surface area contributed by atoms with Gasteiger partial charge in [-0.25, -0.2) is 9.78 Å². The number of rotatable bonds is 4. The number of aromatic nitrogens is 1. The van der Waals surface area contributed by atoms with Gasteiger partial charge in [0.05, 0.1) is 11.3 Å². The lowest BCUT2D eigenvalue weighted by Crippen LogP contribution is -2.20. The Balaban J connectivity index is 2.23. The normalized spacial score (nSPS) is 10.0.